The van der Waals surface area contributed by atoms with Crippen molar-refractivity contribution < 1.29 is 4.57 Å². The molecule has 2 unspecified atom stereocenters. The van der Waals surface area contributed by atoms with Crippen LogP contribution in [0.25, 0.3) is 0 Å². The van der Waals surface area contributed by atoms with Gasteiger partial charge < -0.3 is 0 Å². The van der Waals surface area contributed by atoms with Gasteiger partial charge in [-0.1, -0.05) is 220 Å². The molecule has 0 aliphatic heterocycles. The van der Waals surface area contributed by atoms with Gasteiger partial charge in [0, 0.05) is 0 Å². The summed E-state index contributed by atoms with van der Waals surface area (Å²) in [6, 6.07) is 0.619. The van der Waals surface area contributed by atoms with Gasteiger partial charge in [-0.3, -0.25) is 0 Å². The Labute approximate surface area is 291 Å². The summed E-state index contributed by atoms with van der Waals surface area (Å²) >= 11 is 0. The highest BCUT2D eigenvalue weighted by molar-refractivity contribution is 4.90. The highest BCUT2D eigenvalue weighted by Crippen LogP contribution is 2.27. The van der Waals surface area contributed by atoms with Crippen molar-refractivity contribution in [3.8, 4) is 0 Å². The first-order chi connectivity index (χ1) is 22.7. The summed E-state index contributed by atoms with van der Waals surface area (Å²) in [7, 11) is 0. The minimum Gasteiger partial charge on any atom is -0.247 e. The molecule has 46 heavy (non-hydrogen) atoms. The first kappa shape index (κ1) is 43.2. The number of aromatic amines is 1. The topological polar surface area (TPSA) is 19.7 Å². The maximum absolute atomic E-state index is 3.76. The number of hydrogen-bond acceptors (Lipinski definition) is 0. The largest absolute Gasteiger partial charge is 0.257 e. The Morgan fingerprint density at radius 3 is 1.02 bits per heavy atom. The molecule has 0 fully saturated rings. The second-order valence-electron chi connectivity index (χ2n) is 15.4. The molecule has 0 aliphatic rings. The SMILES string of the molecule is CCCCCCCCCCCCCCCCC(CCCCCCCCCCCCCC)c1[nH]cc[n+]1C(C)CCCCCCCC. The Morgan fingerprint density at radius 2 is 0.696 bits per heavy atom. The summed E-state index contributed by atoms with van der Waals surface area (Å²) in [6.45, 7) is 9.42. The number of hydrogen-bond donors (Lipinski definition) is 1. The van der Waals surface area contributed by atoms with Gasteiger partial charge in [-0.2, -0.15) is 0 Å². The number of rotatable bonds is 37. The van der Waals surface area contributed by atoms with Gasteiger partial charge in [0.1, 0.15) is 12.4 Å². The van der Waals surface area contributed by atoms with Crippen molar-refractivity contribution in [1.29, 1.82) is 0 Å². The fourth-order valence-electron chi connectivity index (χ4n) is 7.66. The quantitative estimate of drug-likeness (QED) is 0.0550. The van der Waals surface area contributed by atoms with Gasteiger partial charge in [-0.15, -0.1) is 0 Å². The summed E-state index contributed by atoms with van der Waals surface area (Å²) in [5.41, 5.74) is 0. The van der Waals surface area contributed by atoms with Gasteiger partial charge in [0.05, 0.1) is 12.0 Å². The predicted octanol–water partition coefficient (Wildman–Crippen LogP) is 15.7. The number of imidazole rings is 1. The van der Waals surface area contributed by atoms with Crippen LogP contribution in [-0.4, -0.2) is 4.98 Å². The first-order valence-corrected chi connectivity index (χ1v) is 21.8. The first-order valence-electron chi connectivity index (χ1n) is 21.8. The average Bonchev–Trinajstić information content (AvgIpc) is 3.56. The molecule has 1 aromatic heterocycles. The third kappa shape index (κ3) is 25.3. The lowest BCUT2D eigenvalue weighted by molar-refractivity contribution is -0.727. The monoisotopic (exact) mass is 644 g/mol. The van der Waals surface area contributed by atoms with E-state index in [4.69, 9.17) is 0 Å². The van der Waals surface area contributed by atoms with Crippen LogP contribution < -0.4 is 4.57 Å². The molecular weight excluding hydrogens is 556 g/mol. The van der Waals surface area contributed by atoms with Crippen molar-refractivity contribution >= 4 is 0 Å². The third-order valence-corrected chi connectivity index (χ3v) is 10.9. The molecule has 0 amide bonds. The molecule has 0 radical (unpaired) electrons. The van der Waals surface area contributed by atoms with Crippen LogP contribution in [-0.2, 0) is 0 Å². The second kappa shape index (κ2) is 34.1. The number of nitrogens with one attached hydrogen (secondary N) is 1. The Kier molecular flexibility index (Phi) is 32.0. The van der Waals surface area contributed by atoms with E-state index in [1.54, 1.807) is 0 Å². The van der Waals surface area contributed by atoms with Gasteiger partial charge >= 0.3 is 0 Å². The van der Waals surface area contributed by atoms with Crippen molar-refractivity contribution in [1.82, 2.24) is 4.98 Å². The highest BCUT2D eigenvalue weighted by atomic mass is 15.1. The van der Waals surface area contributed by atoms with Crippen molar-refractivity contribution in [3.05, 3.63) is 18.2 Å². The van der Waals surface area contributed by atoms with Crippen LogP contribution in [0.1, 0.15) is 270 Å². The lowest BCUT2D eigenvalue weighted by Gasteiger charge is -2.17. The van der Waals surface area contributed by atoms with Gasteiger partial charge in [0.25, 0.3) is 5.82 Å². The Morgan fingerprint density at radius 1 is 0.413 bits per heavy atom. The average molecular weight is 644 g/mol. The fourth-order valence-corrected chi connectivity index (χ4v) is 7.66. The molecule has 2 atom stereocenters. The molecule has 0 bridgehead atoms. The zero-order chi connectivity index (χ0) is 33.2. The van der Waals surface area contributed by atoms with Gasteiger partial charge in [0.2, 0.25) is 0 Å². The van der Waals surface area contributed by atoms with E-state index < -0.39 is 0 Å². The molecule has 0 spiro atoms. The molecule has 1 rings (SSSR count). The van der Waals surface area contributed by atoms with E-state index in [1.807, 2.05) is 0 Å². The number of aromatic nitrogens is 2. The molecule has 2 heteroatoms. The zero-order valence-electron chi connectivity index (χ0n) is 32.5. The summed E-state index contributed by atoms with van der Waals surface area (Å²) in [5.74, 6) is 2.25. The molecule has 0 saturated heterocycles. The van der Waals surface area contributed by atoms with Crippen LogP contribution in [0.15, 0.2) is 12.4 Å². The highest BCUT2D eigenvalue weighted by Gasteiger charge is 2.25. The van der Waals surface area contributed by atoms with E-state index in [0.717, 1.165) is 0 Å². The fraction of sp³-hybridized carbons (Fsp3) is 0.932. The number of unbranched alkanes of at least 4 members (excludes halogenated alkanes) is 29. The van der Waals surface area contributed by atoms with Crippen LogP contribution in [0.4, 0.5) is 0 Å². The summed E-state index contributed by atoms with van der Waals surface area (Å²) < 4.78 is 2.64. The zero-order valence-corrected chi connectivity index (χ0v) is 32.5. The number of H-pyrrole nitrogens is 1. The Hall–Kier alpha value is -0.790. The van der Waals surface area contributed by atoms with Crippen molar-refractivity contribution in [2.24, 2.45) is 0 Å². The minimum atomic E-state index is 0.619. The van der Waals surface area contributed by atoms with Crippen LogP contribution in [0.2, 0.25) is 0 Å². The molecule has 1 N–H and O–H groups in total. The maximum Gasteiger partial charge on any atom is 0.257 e. The summed E-state index contributed by atoms with van der Waals surface area (Å²) in [6.07, 6.45) is 54.6. The van der Waals surface area contributed by atoms with E-state index in [2.05, 4.69) is 49.6 Å². The normalized spacial score (nSPS) is 13.0. The van der Waals surface area contributed by atoms with E-state index in [9.17, 15) is 0 Å². The van der Waals surface area contributed by atoms with Crippen molar-refractivity contribution in [2.45, 2.75) is 264 Å². The van der Waals surface area contributed by atoms with E-state index in [-0.39, 0.29) is 0 Å². The molecule has 1 heterocycles. The van der Waals surface area contributed by atoms with Crippen LogP contribution in [0.5, 0.6) is 0 Å². The van der Waals surface area contributed by atoms with Crippen LogP contribution in [0.3, 0.4) is 0 Å². The summed E-state index contributed by atoms with van der Waals surface area (Å²) in [5, 5.41) is 0. The molecular formula is C44H87N2+. The minimum absolute atomic E-state index is 0.619. The predicted molar refractivity (Wildman–Crippen MR) is 207 cm³/mol. The number of nitrogens with zero attached hydrogens (tertiary/aromatic N) is 1. The summed E-state index contributed by atoms with van der Waals surface area (Å²) in [4.78, 5) is 3.76. The standard InChI is InChI=1S/C44H86N2/c1-5-8-11-14-17-19-21-23-24-26-28-30-33-36-39-43(38-35-32-29-27-25-22-20-18-15-12-9-6-2)44-45-40-41-46(44)42(4)37-34-31-16-13-10-7-3/h40-43H,5-39H2,1-4H3/p+1. The molecule has 1 aromatic rings. The van der Waals surface area contributed by atoms with E-state index in [1.165, 1.54) is 231 Å². The third-order valence-electron chi connectivity index (χ3n) is 10.9. The molecule has 2 nitrogen and oxygen atoms in total. The molecule has 272 valence electrons. The lowest BCUT2D eigenvalue weighted by atomic mass is 9.92. The smallest absolute Gasteiger partial charge is 0.247 e. The van der Waals surface area contributed by atoms with Gasteiger partial charge in [-0.05, 0) is 32.6 Å². The van der Waals surface area contributed by atoms with E-state index in [0.29, 0.717) is 12.0 Å². The van der Waals surface area contributed by atoms with Crippen LogP contribution >= 0.6 is 0 Å². The van der Waals surface area contributed by atoms with Gasteiger partial charge in [-0.25, -0.2) is 9.55 Å². The lowest BCUT2D eigenvalue weighted by Crippen LogP contribution is -2.41. The molecule has 0 saturated carbocycles. The van der Waals surface area contributed by atoms with E-state index >= 15 is 0 Å². The van der Waals surface area contributed by atoms with Crippen LogP contribution in [0, 0.1) is 0 Å². The Balaban J connectivity index is 2.37. The van der Waals surface area contributed by atoms with Crippen molar-refractivity contribution in [2.75, 3.05) is 0 Å². The molecule has 0 aliphatic carbocycles. The second-order valence-corrected chi connectivity index (χ2v) is 15.4. The maximum atomic E-state index is 3.76. The van der Waals surface area contributed by atoms with Crippen molar-refractivity contribution in [3.63, 3.8) is 0 Å². The molecule has 0 aromatic carbocycles. The Bertz CT molecular complexity index is 709. The van der Waals surface area contributed by atoms with Gasteiger partial charge in [0.15, 0.2) is 0 Å².